The standard InChI is InChI=1S/C67H51ClN6O5S3/c68-61-57(71-65(82-61)72-66(47-29-13-3-14-30-47,48-31-15-4-16-32-48)49-33-17-5-18-34-49)58(73-79-67(50-35-19-6-20-36-50,51-37-21-7-22-38-51)52-39-23-8-24-40-52)62(75)70-56-53-41-42-54(81-55-43-80-44-69-55)59(74(53)63(56)76)64(77)78-60(45-25-9-1-10-26-45)46-27-11-2-12-28-46/h1-40,43-44,53,56,60H,41-42H2,(H,70,75)(H,71,72)/t53-,56+/m1/s1. The number of esters is 1. The Labute approximate surface area is 492 Å². The normalized spacial score (nSPS) is 15.3. The number of rotatable bonds is 19. The molecule has 82 heavy (non-hydrogen) atoms. The van der Waals surface area contributed by atoms with Crippen molar-refractivity contribution in [1.82, 2.24) is 20.2 Å². The van der Waals surface area contributed by atoms with E-state index in [2.05, 4.69) is 52.0 Å². The molecule has 2 N–H and O–H groups in total. The molecule has 0 bridgehead atoms. The van der Waals surface area contributed by atoms with Gasteiger partial charge in [-0.3, -0.25) is 14.5 Å². The fraction of sp³-hybridized carbons (Fsp3) is 0.104. The van der Waals surface area contributed by atoms with Gasteiger partial charge >= 0.3 is 5.97 Å². The first kappa shape index (κ1) is 53.7. The molecule has 0 aliphatic carbocycles. The van der Waals surface area contributed by atoms with Gasteiger partial charge in [-0.15, -0.1) is 11.3 Å². The van der Waals surface area contributed by atoms with Crippen molar-refractivity contribution in [2.24, 2.45) is 5.16 Å². The van der Waals surface area contributed by atoms with Gasteiger partial charge in [0.25, 0.3) is 11.8 Å². The van der Waals surface area contributed by atoms with Gasteiger partial charge in [-0.25, -0.2) is 14.8 Å². The molecule has 2 aliphatic heterocycles. The van der Waals surface area contributed by atoms with E-state index in [1.54, 1.807) is 5.51 Å². The van der Waals surface area contributed by atoms with Crippen molar-refractivity contribution in [2.75, 3.05) is 5.32 Å². The summed E-state index contributed by atoms with van der Waals surface area (Å²) in [5.41, 5.74) is 5.63. The van der Waals surface area contributed by atoms with Crippen LogP contribution in [-0.2, 0) is 35.1 Å². The van der Waals surface area contributed by atoms with Crippen molar-refractivity contribution >= 4 is 74.7 Å². The van der Waals surface area contributed by atoms with Gasteiger partial charge in [0.1, 0.15) is 32.3 Å². The van der Waals surface area contributed by atoms with Crippen molar-refractivity contribution in [1.29, 1.82) is 0 Å². The number of benzene rings is 8. The fourth-order valence-corrected chi connectivity index (χ4v) is 13.7. The van der Waals surface area contributed by atoms with E-state index in [1.807, 2.05) is 212 Å². The number of allylic oxidation sites excluding steroid dienone is 1. The minimum atomic E-state index is -1.42. The number of nitrogens with one attached hydrogen (secondary N) is 2. The summed E-state index contributed by atoms with van der Waals surface area (Å²) in [6.45, 7) is 0. The van der Waals surface area contributed by atoms with Crippen LogP contribution in [0.15, 0.2) is 274 Å². The molecule has 0 saturated carbocycles. The number of ether oxygens (including phenoxy) is 1. The molecular formula is C67H51ClN6O5S3. The minimum absolute atomic E-state index is 0.0177. The molecule has 1 saturated heterocycles. The second-order valence-electron chi connectivity index (χ2n) is 19.5. The van der Waals surface area contributed by atoms with Crippen molar-refractivity contribution < 1.29 is 24.0 Å². The van der Waals surface area contributed by atoms with E-state index < -0.39 is 47.1 Å². The molecule has 2 aromatic heterocycles. The number of hydrogen-bond acceptors (Lipinski definition) is 12. The maximum atomic E-state index is 15.6. The molecule has 11 nitrogen and oxygen atoms in total. The Morgan fingerprint density at radius 1 is 0.646 bits per heavy atom. The van der Waals surface area contributed by atoms with E-state index in [0.29, 0.717) is 27.9 Å². The number of thiazole rings is 2. The Morgan fingerprint density at radius 3 is 1.55 bits per heavy atom. The summed E-state index contributed by atoms with van der Waals surface area (Å²) in [6.07, 6.45) is 0.0228. The first-order valence-corrected chi connectivity index (χ1v) is 29.6. The zero-order chi connectivity index (χ0) is 55.9. The van der Waals surface area contributed by atoms with Gasteiger partial charge in [-0.2, -0.15) is 0 Å². The van der Waals surface area contributed by atoms with Gasteiger partial charge in [0.05, 0.1) is 11.6 Å². The Morgan fingerprint density at radius 2 is 1.10 bits per heavy atom. The Bertz CT molecular complexity index is 3650. The summed E-state index contributed by atoms with van der Waals surface area (Å²) < 4.78 is 6.59. The number of thioether (sulfide) groups is 1. The summed E-state index contributed by atoms with van der Waals surface area (Å²) in [6, 6.07) is 76.5. The maximum absolute atomic E-state index is 15.6. The molecule has 2 atom stereocenters. The number of amides is 2. The smallest absolute Gasteiger partial charge is 0.356 e. The highest BCUT2D eigenvalue weighted by Crippen LogP contribution is 2.47. The average molecular weight is 1150 g/mol. The monoisotopic (exact) mass is 1150 g/mol. The number of halogens is 1. The predicted molar refractivity (Wildman–Crippen MR) is 324 cm³/mol. The minimum Gasteiger partial charge on any atom is -0.448 e. The number of anilines is 1. The van der Waals surface area contributed by atoms with Crippen molar-refractivity contribution in [3.8, 4) is 0 Å². The van der Waals surface area contributed by atoms with Crippen LogP contribution in [0.3, 0.4) is 0 Å². The molecule has 2 amide bonds. The number of oxime groups is 1. The van der Waals surface area contributed by atoms with Crippen molar-refractivity contribution in [2.45, 2.75) is 47.2 Å². The van der Waals surface area contributed by atoms with Gasteiger partial charge in [0.2, 0.25) is 5.60 Å². The van der Waals surface area contributed by atoms with Gasteiger partial charge in [0, 0.05) is 27.0 Å². The van der Waals surface area contributed by atoms with Gasteiger partial charge in [0.15, 0.2) is 16.9 Å². The van der Waals surface area contributed by atoms with Crippen molar-refractivity contribution in [3.63, 3.8) is 0 Å². The Hall–Kier alpha value is -8.92. The molecule has 12 rings (SSSR count). The summed E-state index contributed by atoms with van der Waals surface area (Å²) in [5.74, 6) is -1.96. The third-order valence-corrected chi connectivity index (χ3v) is 17.7. The number of fused-ring (bicyclic) bond motifs is 1. The Balaban J connectivity index is 0.949. The quantitative estimate of drug-likeness (QED) is 0.0267. The van der Waals surface area contributed by atoms with Crippen LogP contribution in [0, 0.1) is 0 Å². The summed E-state index contributed by atoms with van der Waals surface area (Å²) in [5, 5.41) is 14.7. The Kier molecular flexibility index (Phi) is 15.7. The highest BCUT2D eigenvalue weighted by Gasteiger charge is 2.55. The number of β-lactam (4-membered cyclic amide) rings is 1. The number of hydrogen-bond donors (Lipinski definition) is 2. The summed E-state index contributed by atoms with van der Waals surface area (Å²) in [7, 11) is 0. The van der Waals surface area contributed by atoms with Crippen LogP contribution < -0.4 is 10.6 Å². The predicted octanol–water partition coefficient (Wildman–Crippen LogP) is 14.2. The molecule has 4 heterocycles. The zero-order valence-electron chi connectivity index (χ0n) is 43.8. The second-order valence-corrected chi connectivity index (χ2v) is 22.9. The highest BCUT2D eigenvalue weighted by atomic mass is 35.5. The fourth-order valence-electron chi connectivity index (χ4n) is 10.9. The zero-order valence-corrected chi connectivity index (χ0v) is 47.0. The molecule has 0 radical (unpaired) electrons. The largest absolute Gasteiger partial charge is 0.448 e. The number of carbonyl (C=O) groups excluding carboxylic acids is 3. The molecule has 2 aliphatic rings. The number of nitrogens with zero attached hydrogens (tertiary/aromatic N) is 4. The van der Waals surface area contributed by atoms with Crippen LogP contribution in [0.4, 0.5) is 5.13 Å². The lowest BCUT2D eigenvalue weighted by Gasteiger charge is -2.50. The molecular weight excluding hydrogens is 1100 g/mol. The van der Waals surface area contributed by atoms with E-state index in [0.717, 1.165) is 55.8 Å². The van der Waals surface area contributed by atoms with Crippen LogP contribution >= 0.6 is 46.0 Å². The molecule has 0 unspecified atom stereocenters. The molecule has 0 spiro atoms. The van der Waals surface area contributed by atoms with E-state index in [9.17, 15) is 4.79 Å². The van der Waals surface area contributed by atoms with Gasteiger partial charge in [-0.1, -0.05) is 283 Å². The second kappa shape index (κ2) is 24.0. The first-order valence-electron chi connectivity index (χ1n) is 26.6. The number of aromatic nitrogens is 2. The maximum Gasteiger partial charge on any atom is 0.356 e. The average Bonchev–Trinajstić information content (AvgIpc) is 4.03. The van der Waals surface area contributed by atoms with E-state index in [1.165, 1.54) is 28.0 Å². The van der Waals surface area contributed by atoms with Gasteiger partial charge in [-0.05, 0) is 40.7 Å². The summed E-state index contributed by atoms with van der Waals surface area (Å²) >= 11 is 11.3. The summed E-state index contributed by atoms with van der Waals surface area (Å²) in [4.78, 5) is 64.4. The SMILES string of the molecule is O=C(N[C@@H]1C(=O)N2C(C(=O)OC(c3ccccc3)c3ccccc3)=C(Sc3cscn3)CC[C@H]12)C(=NOC(c1ccccc1)(c1ccccc1)c1ccccc1)c1nc(NC(c2ccccc2)(c2ccccc2)c2ccccc2)sc1Cl. The molecule has 8 aromatic carbocycles. The van der Waals surface area contributed by atoms with Crippen LogP contribution in [0.25, 0.3) is 0 Å². The van der Waals surface area contributed by atoms with Crippen LogP contribution in [0.1, 0.15) is 69.1 Å². The highest BCUT2D eigenvalue weighted by molar-refractivity contribution is 8.03. The molecule has 1 fully saturated rings. The third-order valence-electron chi connectivity index (χ3n) is 14.7. The number of carbonyl (C=O) groups is 3. The van der Waals surface area contributed by atoms with Gasteiger partial charge < -0.3 is 20.2 Å². The van der Waals surface area contributed by atoms with E-state index >= 15 is 9.59 Å². The van der Waals surface area contributed by atoms with Crippen LogP contribution in [0.2, 0.25) is 4.34 Å². The molecule has 15 heteroatoms. The van der Waals surface area contributed by atoms with Crippen molar-refractivity contribution in [3.05, 3.63) is 319 Å². The molecule has 404 valence electrons. The third kappa shape index (κ3) is 10.5. The van der Waals surface area contributed by atoms with Crippen LogP contribution in [0.5, 0.6) is 0 Å². The van der Waals surface area contributed by atoms with E-state index in [-0.39, 0.29) is 21.4 Å². The first-order chi connectivity index (χ1) is 40.3. The van der Waals surface area contributed by atoms with E-state index in [4.69, 9.17) is 31.3 Å². The van der Waals surface area contributed by atoms with Crippen LogP contribution in [-0.4, -0.2) is 50.4 Å². The topological polar surface area (TPSA) is 135 Å². The lowest BCUT2D eigenvalue weighted by atomic mass is 9.77. The molecule has 10 aromatic rings. The lowest BCUT2D eigenvalue weighted by molar-refractivity contribution is -0.158. The lowest BCUT2D eigenvalue weighted by Crippen LogP contribution is -2.72.